The zero-order valence-corrected chi connectivity index (χ0v) is 13.5. The summed E-state index contributed by atoms with van der Waals surface area (Å²) in [6, 6.07) is 6.20. The molecule has 1 aliphatic carbocycles. The number of carbonyl (C=O) groups excluding carboxylic acids is 1. The van der Waals surface area contributed by atoms with Crippen molar-refractivity contribution in [2.45, 2.75) is 38.3 Å². The molecule has 1 unspecified atom stereocenters. The fraction of sp³-hybridized carbons (Fsp3) is 0.562. The molecule has 1 heterocycles. The molecule has 1 aromatic carbocycles. The molecular formula is C16H20Cl2N2O. The number of hydrogen-bond acceptors (Lipinski definition) is 2. The number of piperidine rings is 1. The molecule has 0 aromatic heterocycles. The Labute approximate surface area is 135 Å². The van der Waals surface area contributed by atoms with Crippen LogP contribution in [0.2, 0.25) is 10.0 Å². The summed E-state index contributed by atoms with van der Waals surface area (Å²) in [5, 5.41) is 4.30. The standard InChI is InChI=1S/C16H20Cl2N2O/c17-14-6-3-11(8-15(14)18)9-20-7-1-2-12(10-20)16(21)19-13-4-5-13/h3,6,8,12-13H,1-2,4-5,7,9-10H2,(H,19,21). The van der Waals surface area contributed by atoms with Crippen LogP contribution in [0.1, 0.15) is 31.2 Å². The third-order valence-corrected chi connectivity index (χ3v) is 4.93. The molecule has 2 aliphatic rings. The average Bonchev–Trinajstić information content (AvgIpc) is 3.27. The smallest absolute Gasteiger partial charge is 0.224 e. The Bertz CT molecular complexity index is 531. The van der Waals surface area contributed by atoms with Crippen LogP contribution in [0.15, 0.2) is 18.2 Å². The lowest BCUT2D eigenvalue weighted by Gasteiger charge is -2.32. The number of benzene rings is 1. The lowest BCUT2D eigenvalue weighted by Crippen LogP contribution is -2.43. The summed E-state index contributed by atoms with van der Waals surface area (Å²) in [6.07, 6.45) is 4.36. The van der Waals surface area contributed by atoms with E-state index in [4.69, 9.17) is 23.2 Å². The maximum atomic E-state index is 12.2. The van der Waals surface area contributed by atoms with Gasteiger partial charge in [-0.15, -0.1) is 0 Å². The van der Waals surface area contributed by atoms with E-state index in [1.807, 2.05) is 18.2 Å². The predicted molar refractivity (Wildman–Crippen MR) is 85.6 cm³/mol. The topological polar surface area (TPSA) is 32.3 Å². The van der Waals surface area contributed by atoms with Gasteiger partial charge in [-0.25, -0.2) is 0 Å². The Morgan fingerprint density at radius 2 is 2.05 bits per heavy atom. The fourth-order valence-electron chi connectivity index (χ4n) is 2.86. The highest BCUT2D eigenvalue weighted by molar-refractivity contribution is 6.42. The van der Waals surface area contributed by atoms with E-state index in [2.05, 4.69) is 10.2 Å². The molecule has 0 radical (unpaired) electrons. The van der Waals surface area contributed by atoms with Crippen molar-refractivity contribution in [1.29, 1.82) is 0 Å². The molecule has 1 N–H and O–H groups in total. The Kier molecular flexibility index (Phi) is 4.72. The summed E-state index contributed by atoms with van der Waals surface area (Å²) in [7, 11) is 0. The molecular weight excluding hydrogens is 307 g/mol. The van der Waals surface area contributed by atoms with E-state index < -0.39 is 0 Å². The highest BCUT2D eigenvalue weighted by Gasteiger charge is 2.30. The fourth-order valence-corrected chi connectivity index (χ4v) is 3.18. The van der Waals surface area contributed by atoms with Crippen molar-refractivity contribution in [1.82, 2.24) is 10.2 Å². The first kappa shape index (κ1) is 15.1. The largest absolute Gasteiger partial charge is 0.353 e. The van der Waals surface area contributed by atoms with Gasteiger partial charge in [-0.3, -0.25) is 9.69 Å². The van der Waals surface area contributed by atoms with Crippen LogP contribution in [-0.2, 0) is 11.3 Å². The van der Waals surface area contributed by atoms with Crippen LogP contribution >= 0.6 is 23.2 Å². The average molecular weight is 327 g/mol. The van der Waals surface area contributed by atoms with Gasteiger partial charge in [-0.1, -0.05) is 29.3 Å². The van der Waals surface area contributed by atoms with Crippen molar-refractivity contribution in [3.63, 3.8) is 0 Å². The highest BCUT2D eigenvalue weighted by Crippen LogP contribution is 2.25. The molecule has 1 atom stereocenters. The second-order valence-electron chi connectivity index (χ2n) is 6.11. The number of hydrogen-bond donors (Lipinski definition) is 1. The van der Waals surface area contributed by atoms with Crippen LogP contribution in [-0.4, -0.2) is 29.9 Å². The van der Waals surface area contributed by atoms with Gasteiger partial charge in [0, 0.05) is 19.1 Å². The lowest BCUT2D eigenvalue weighted by molar-refractivity contribution is -0.126. The van der Waals surface area contributed by atoms with Crippen molar-refractivity contribution < 1.29 is 4.79 Å². The Hall–Kier alpha value is -0.770. The summed E-state index contributed by atoms with van der Waals surface area (Å²) < 4.78 is 0. The Morgan fingerprint density at radius 3 is 2.76 bits per heavy atom. The quantitative estimate of drug-likeness (QED) is 0.918. The van der Waals surface area contributed by atoms with Crippen LogP contribution in [0.4, 0.5) is 0 Å². The van der Waals surface area contributed by atoms with Crippen molar-refractivity contribution in [2.75, 3.05) is 13.1 Å². The molecule has 3 rings (SSSR count). The minimum Gasteiger partial charge on any atom is -0.353 e. The van der Waals surface area contributed by atoms with Crippen LogP contribution in [0.25, 0.3) is 0 Å². The van der Waals surface area contributed by atoms with E-state index in [1.165, 1.54) is 0 Å². The minimum atomic E-state index is 0.127. The molecule has 114 valence electrons. The van der Waals surface area contributed by atoms with Crippen LogP contribution in [0, 0.1) is 5.92 Å². The van der Waals surface area contributed by atoms with Crippen molar-refractivity contribution >= 4 is 29.1 Å². The number of likely N-dealkylation sites (tertiary alicyclic amines) is 1. The van der Waals surface area contributed by atoms with Crippen LogP contribution in [0.3, 0.4) is 0 Å². The van der Waals surface area contributed by atoms with Crippen LogP contribution < -0.4 is 5.32 Å². The van der Waals surface area contributed by atoms with Gasteiger partial charge in [0.05, 0.1) is 16.0 Å². The lowest BCUT2D eigenvalue weighted by atomic mass is 9.96. The summed E-state index contributed by atoms with van der Waals surface area (Å²) in [5.41, 5.74) is 1.15. The molecule has 1 aliphatic heterocycles. The van der Waals surface area contributed by atoms with E-state index in [-0.39, 0.29) is 11.8 Å². The van der Waals surface area contributed by atoms with Gasteiger partial charge in [0.25, 0.3) is 0 Å². The SMILES string of the molecule is O=C(NC1CC1)C1CCCN(Cc2ccc(Cl)c(Cl)c2)C1. The number of rotatable bonds is 4. The monoisotopic (exact) mass is 326 g/mol. The summed E-state index contributed by atoms with van der Waals surface area (Å²) in [4.78, 5) is 14.5. The van der Waals surface area contributed by atoms with Crippen molar-refractivity contribution in [3.05, 3.63) is 33.8 Å². The zero-order chi connectivity index (χ0) is 14.8. The van der Waals surface area contributed by atoms with Gasteiger partial charge in [0.1, 0.15) is 0 Å². The minimum absolute atomic E-state index is 0.127. The maximum Gasteiger partial charge on any atom is 0.224 e. The van der Waals surface area contributed by atoms with E-state index in [1.54, 1.807) is 0 Å². The molecule has 21 heavy (non-hydrogen) atoms. The van der Waals surface area contributed by atoms with E-state index in [9.17, 15) is 4.79 Å². The predicted octanol–water partition coefficient (Wildman–Crippen LogP) is 3.48. The highest BCUT2D eigenvalue weighted by atomic mass is 35.5. The molecule has 2 fully saturated rings. The van der Waals surface area contributed by atoms with Crippen molar-refractivity contribution in [3.8, 4) is 0 Å². The van der Waals surface area contributed by atoms with Gasteiger partial charge < -0.3 is 5.32 Å². The number of carbonyl (C=O) groups is 1. The van der Waals surface area contributed by atoms with Gasteiger partial charge in [0.2, 0.25) is 5.91 Å². The molecule has 0 spiro atoms. The molecule has 1 amide bonds. The second-order valence-corrected chi connectivity index (χ2v) is 6.92. The third kappa shape index (κ3) is 4.12. The maximum absolute atomic E-state index is 12.2. The van der Waals surface area contributed by atoms with Gasteiger partial charge in [-0.2, -0.15) is 0 Å². The zero-order valence-electron chi connectivity index (χ0n) is 11.9. The third-order valence-electron chi connectivity index (χ3n) is 4.19. The van der Waals surface area contributed by atoms with E-state index in [0.717, 1.165) is 50.9 Å². The molecule has 5 heteroatoms. The number of nitrogens with one attached hydrogen (secondary N) is 1. The molecule has 1 saturated carbocycles. The first-order valence-corrected chi connectivity index (χ1v) is 8.34. The van der Waals surface area contributed by atoms with Crippen LogP contribution in [0.5, 0.6) is 0 Å². The first-order valence-electron chi connectivity index (χ1n) is 7.58. The van der Waals surface area contributed by atoms with Crippen molar-refractivity contribution in [2.24, 2.45) is 5.92 Å². The Morgan fingerprint density at radius 1 is 1.24 bits per heavy atom. The van der Waals surface area contributed by atoms with Gasteiger partial charge in [0.15, 0.2) is 0 Å². The molecule has 3 nitrogen and oxygen atoms in total. The van der Waals surface area contributed by atoms with E-state index >= 15 is 0 Å². The first-order chi connectivity index (χ1) is 10.1. The van der Waals surface area contributed by atoms with E-state index in [0.29, 0.717) is 16.1 Å². The van der Waals surface area contributed by atoms with Gasteiger partial charge in [-0.05, 0) is 49.9 Å². The summed E-state index contributed by atoms with van der Waals surface area (Å²) in [6.45, 7) is 2.69. The number of halogens is 2. The normalized spacial score (nSPS) is 23.0. The summed E-state index contributed by atoms with van der Waals surface area (Å²) in [5.74, 6) is 0.360. The molecule has 1 saturated heterocycles. The van der Waals surface area contributed by atoms with Gasteiger partial charge >= 0.3 is 0 Å². The number of amides is 1. The number of nitrogens with zero attached hydrogens (tertiary/aromatic N) is 1. The summed E-state index contributed by atoms with van der Waals surface area (Å²) >= 11 is 12.0. The molecule has 0 bridgehead atoms. The molecule has 1 aromatic rings. The Balaban J connectivity index is 1.57. The second kappa shape index (κ2) is 6.55.